The summed E-state index contributed by atoms with van der Waals surface area (Å²) in [4.78, 5) is 13.7. The average molecular weight is 291 g/mol. The monoisotopic (exact) mass is 290 g/mol. The Labute approximate surface area is 118 Å². The number of hydrogen-bond donors (Lipinski definition) is 3. The zero-order valence-electron chi connectivity index (χ0n) is 10.3. The Kier molecular flexibility index (Phi) is 3.12. The molecule has 0 aliphatic heterocycles. The molecule has 0 unspecified atom stereocenters. The lowest BCUT2D eigenvalue weighted by molar-refractivity contribution is 0.469. The molecule has 0 aliphatic carbocycles. The number of aromatic hydroxyl groups is 1. The molecule has 0 amide bonds. The van der Waals surface area contributed by atoms with E-state index in [1.54, 1.807) is 36.4 Å². The zero-order valence-corrected chi connectivity index (χ0v) is 11.1. The standard InChI is InChI=1S/C14H11ClN2O3/c15-9-1-3-12(18)8(5-9)7-16-10-2-4-13-11(6-10)17-14(19)20-13/h1-6,16,18H,7H2,(H,17,19). The molecule has 2 aromatic carbocycles. The number of oxazole rings is 1. The van der Waals surface area contributed by atoms with Crippen molar-refractivity contribution in [1.29, 1.82) is 0 Å². The molecule has 0 saturated carbocycles. The van der Waals surface area contributed by atoms with Crippen molar-refractivity contribution in [3.63, 3.8) is 0 Å². The molecule has 0 atom stereocenters. The molecule has 0 fully saturated rings. The van der Waals surface area contributed by atoms with Gasteiger partial charge in [-0.3, -0.25) is 4.98 Å². The fourth-order valence-electron chi connectivity index (χ4n) is 1.95. The Morgan fingerprint density at radius 1 is 1.25 bits per heavy atom. The van der Waals surface area contributed by atoms with Crippen molar-refractivity contribution in [2.75, 3.05) is 5.32 Å². The summed E-state index contributed by atoms with van der Waals surface area (Å²) in [5.74, 6) is -0.302. The maximum atomic E-state index is 11.1. The van der Waals surface area contributed by atoms with Crippen molar-refractivity contribution < 1.29 is 9.52 Å². The van der Waals surface area contributed by atoms with Crippen molar-refractivity contribution >= 4 is 28.4 Å². The van der Waals surface area contributed by atoms with E-state index >= 15 is 0 Å². The molecule has 3 N–H and O–H groups in total. The largest absolute Gasteiger partial charge is 0.508 e. The summed E-state index contributed by atoms with van der Waals surface area (Å²) in [6, 6.07) is 10.1. The predicted octanol–water partition coefficient (Wildman–Crippen LogP) is 3.09. The number of aromatic nitrogens is 1. The van der Waals surface area contributed by atoms with Crippen LogP contribution in [-0.4, -0.2) is 10.1 Å². The molecule has 102 valence electrons. The van der Waals surface area contributed by atoms with Gasteiger partial charge >= 0.3 is 5.76 Å². The molecule has 6 heteroatoms. The summed E-state index contributed by atoms with van der Waals surface area (Å²) < 4.78 is 4.92. The van der Waals surface area contributed by atoms with Crippen LogP contribution in [0.4, 0.5) is 5.69 Å². The number of anilines is 1. The normalized spacial score (nSPS) is 10.8. The lowest BCUT2D eigenvalue weighted by atomic mass is 10.2. The molecule has 20 heavy (non-hydrogen) atoms. The van der Waals surface area contributed by atoms with Gasteiger partial charge in [0.15, 0.2) is 5.58 Å². The maximum Gasteiger partial charge on any atom is 0.417 e. The van der Waals surface area contributed by atoms with Gasteiger partial charge in [-0.2, -0.15) is 0 Å². The van der Waals surface area contributed by atoms with Gasteiger partial charge in [0.1, 0.15) is 5.75 Å². The predicted molar refractivity (Wildman–Crippen MR) is 77.3 cm³/mol. The van der Waals surface area contributed by atoms with E-state index in [-0.39, 0.29) is 5.75 Å². The number of fused-ring (bicyclic) bond motifs is 1. The van der Waals surface area contributed by atoms with Crippen molar-refractivity contribution in [2.24, 2.45) is 0 Å². The summed E-state index contributed by atoms with van der Waals surface area (Å²) in [6.45, 7) is 0.417. The molecule has 1 heterocycles. The van der Waals surface area contributed by atoms with Crippen LogP contribution in [-0.2, 0) is 6.54 Å². The van der Waals surface area contributed by atoms with E-state index in [9.17, 15) is 9.90 Å². The van der Waals surface area contributed by atoms with E-state index in [0.29, 0.717) is 28.2 Å². The highest BCUT2D eigenvalue weighted by atomic mass is 35.5. The van der Waals surface area contributed by atoms with Gasteiger partial charge < -0.3 is 14.8 Å². The van der Waals surface area contributed by atoms with Gasteiger partial charge in [0.2, 0.25) is 0 Å². The first-order valence-corrected chi connectivity index (χ1v) is 6.34. The molecule has 0 spiro atoms. The van der Waals surface area contributed by atoms with Gasteiger partial charge in [-0.15, -0.1) is 0 Å². The molecule has 0 bridgehead atoms. The van der Waals surface area contributed by atoms with Crippen molar-refractivity contribution in [3.05, 3.63) is 57.5 Å². The van der Waals surface area contributed by atoms with Crippen molar-refractivity contribution in [1.82, 2.24) is 4.98 Å². The minimum atomic E-state index is -0.482. The van der Waals surface area contributed by atoms with Gasteiger partial charge in [-0.05, 0) is 36.4 Å². The van der Waals surface area contributed by atoms with E-state index in [1.165, 1.54) is 0 Å². The van der Waals surface area contributed by atoms with Crippen LogP contribution in [0.3, 0.4) is 0 Å². The van der Waals surface area contributed by atoms with Crippen LogP contribution in [0, 0.1) is 0 Å². The van der Waals surface area contributed by atoms with E-state index in [4.69, 9.17) is 16.0 Å². The minimum absolute atomic E-state index is 0.180. The van der Waals surface area contributed by atoms with E-state index < -0.39 is 5.76 Å². The Balaban J connectivity index is 1.82. The third-order valence-electron chi connectivity index (χ3n) is 2.94. The number of nitrogens with one attached hydrogen (secondary N) is 2. The highest BCUT2D eigenvalue weighted by Crippen LogP contribution is 2.23. The van der Waals surface area contributed by atoms with Gasteiger partial charge in [0.05, 0.1) is 5.52 Å². The lowest BCUT2D eigenvalue weighted by Crippen LogP contribution is -1.99. The van der Waals surface area contributed by atoms with Crippen molar-refractivity contribution in [2.45, 2.75) is 6.54 Å². The third-order valence-corrected chi connectivity index (χ3v) is 3.18. The van der Waals surface area contributed by atoms with E-state index in [0.717, 1.165) is 5.69 Å². The number of phenolic OH excluding ortho intramolecular Hbond substituents is 1. The molecular formula is C14H11ClN2O3. The smallest absolute Gasteiger partial charge is 0.417 e. The average Bonchev–Trinajstić information content (AvgIpc) is 2.79. The second-order valence-electron chi connectivity index (χ2n) is 4.35. The molecule has 0 saturated heterocycles. The van der Waals surface area contributed by atoms with Gasteiger partial charge in [0.25, 0.3) is 0 Å². The number of phenols is 1. The fraction of sp³-hybridized carbons (Fsp3) is 0.0714. The first kappa shape index (κ1) is 12.6. The van der Waals surface area contributed by atoms with Gasteiger partial charge in [-0.25, -0.2) is 4.79 Å². The summed E-state index contributed by atoms with van der Waals surface area (Å²) in [5, 5.41) is 13.4. The summed E-state index contributed by atoms with van der Waals surface area (Å²) in [6.07, 6.45) is 0. The molecular weight excluding hydrogens is 280 g/mol. The van der Waals surface area contributed by atoms with Crippen LogP contribution in [0.5, 0.6) is 5.75 Å². The number of H-pyrrole nitrogens is 1. The Morgan fingerprint density at radius 2 is 2.10 bits per heavy atom. The number of halogens is 1. The minimum Gasteiger partial charge on any atom is -0.508 e. The van der Waals surface area contributed by atoms with Crippen LogP contribution >= 0.6 is 11.6 Å². The molecule has 3 rings (SSSR count). The Bertz CT molecular complexity index is 823. The number of hydrogen-bond acceptors (Lipinski definition) is 4. The molecule has 3 aromatic rings. The van der Waals surface area contributed by atoms with E-state index in [1.807, 2.05) is 0 Å². The van der Waals surface area contributed by atoms with Crippen LogP contribution in [0.1, 0.15) is 5.56 Å². The Hall–Kier alpha value is -2.40. The highest BCUT2D eigenvalue weighted by Gasteiger charge is 2.04. The first-order valence-electron chi connectivity index (χ1n) is 5.96. The van der Waals surface area contributed by atoms with Gasteiger partial charge in [-0.1, -0.05) is 11.6 Å². The first-order chi connectivity index (χ1) is 9.61. The van der Waals surface area contributed by atoms with E-state index in [2.05, 4.69) is 10.3 Å². The lowest BCUT2D eigenvalue weighted by Gasteiger charge is -2.08. The van der Waals surface area contributed by atoms with Crippen LogP contribution < -0.4 is 11.1 Å². The van der Waals surface area contributed by atoms with Crippen LogP contribution in [0.25, 0.3) is 11.1 Å². The van der Waals surface area contributed by atoms with Crippen LogP contribution in [0.2, 0.25) is 5.02 Å². The quantitative estimate of drug-likeness (QED) is 0.692. The van der Waals surface area contributed by atoms with Crippen molar-refractivity contribution in [3.8, 4) is 5.75 Å². The SMILES string of the molecule is O=c1[nH]c2cc(NCc3cc(Cl)ccc3O)ccc2o1. The zero-order chi connectivity index (χ0) is 14.1. The molecule has 0 aliphatic rings. The number of aromatic amines is 1. The maximum absolute atomic E-state index is 11.1. The highest BCUT2D eigenvalue weighted by molar-refractivity contribution is 6.30. The third kappa shape index (κ3) is 2.48. The number of rotatable bonds is 3. The Morgan fingerprint density at radius 3 is 2.95 bits per heavy atom. The van der Waals surface area contributed by atoms with Crippen LogP contribution in [0.15, 0.2) is 45.6 Å². The molecule has 1 aromatic heterocycles. The molecule has 0 radical (unpaired) electrons. The topological polar surface area (TPSA) is 78.3 Å². The van der Waals surface area contributed by atoms with Gasteiger partial charge in [0, 0.05) is 22.8 Å². The summed E-state index contributed by atoms with van der Waals surface area (Å²) in [7, 11) is 0. The fourth-order valence-corrected chi connectivity index (χ4v) is 2.15. The summed E-state index contributed by atoms with van der Waals surface area (Å²) >= 11 is 5.89. The molecule has 5 nitrogen and oxygen atoms in total. The second-order valence-corrected chi connectivity index (χ2v) is 4.79. The number of benzene rings is 2. The summed E-state index contributed by atoms with van der Waals surface area (Å²) in [5.41, 5.74) is 2.62. The second kappa shape index (κ2) is 4.94.